The van der Waals surface area contributed by atoms with Gasteiger partial charge in [0.25, 0.3) is 0 Å². The second-order valence-corrected chi connectivity index (χ2v) is 5.96. The summed E-state index contributed by atoms with van der Waals surface area (Å²) in [6, 6.07) is 10.7. The predicted molar refractivity (Wildman–Crippen MR) is 120 cm³/mol. The number of ether oxygens (including phenoxy) is 3. The average molecular weight is 521 g/mol. The molecular formula is C20H26F2IN3O3. The summed E-state index contributed by atoms with van der Waals surface area (Å²) < 4.78 is 40.3. The first kappa shape index (κ1) is 24.7. The molecule has 0 unspecified atom stereocenters. The van der Waals surface area contributed by atoms with E-state index in [0.717, 1.165) is 11.1 Å². The van der Waals surface area contributed by atoms with Crippen LogP contribution in [0.4, 0.5) is 8.78 Å². The number of guanidine groups is 1. The topological polar surface area (TPSA) is 64.1 Å². The van der Waals surface area contributed by atoms with E-state index in [9.17, 15) is 8.78 Å². The SMILES string of the molecule is CN=C(NCc1ccc(OC)c(OC)c1)NCc1cc(C)ccc1OC(F)F.I. The first-order chi connectivity index (χ1) is 13.5. The maximum atomic E-state index is 12.6. The van der Waals surface area contributed by atoms with E-state index in [1.807, 2.05) is 25.1 Å². The van der Waals surface area contributed by atoms with Crippen LogP contribution in [0.2, 0.25) is 0 Å². The van der Waals surface area contributed by atoms with E-state index in [-0.39, 0.29) is 36.3 Å². The molecule has 2 N–H and O–H groups in total. The van der Waals surface area contributed by atoms with E-state index in [2.05, 4.69) is 20.4 Å². The van der Waals surface area contributed by atoms with Crippen molar-refractivity contribution in [2.24, 2.45) is 4.99 Å². The molecular weight excluding hydrogens is 495 g/mol. The van der Waals surface area contributed by atoms with Gasteiger partial charge in [-0.15, -0.1) is 24.0 Å². The normalized spacial score (nSPS) is 10.9. The molecule has 0 bridgehead atoms. The minimum atomic E-state index is -2.87. The maximum absolute atomic E-state index is 12.6. The molecule has 0 amide bonds. The molecule has 0 fully saturated rings. The molecule has 0 saturated carbocycles. The van der Waals surface area contributed by atoms with Gasteiger partial charge >= 0.3 is 6.61 Å². The van der Waals surface area contributed by atoms with Gasteiger partial charge < -0.3 is 24.8 Å². The summed E-state index contributed by atoms with van der Waals surface area (Å²) in [7, 11) is 4.80. The molecule has 29 heavy (non-hydrogen) atoms. The molecule has 0 heterocycles. The Balaban J connectivity index is 0.00000420. The van der Waals surface area contributed by atoms with Crippen LogP contribution in [0.3, 0.4) is 0 Å². The van der Waals surface area contributed by atoms with Crippen molar-refractivity contribution in [2.45, 2.75) is 26.6 Å². The summed E-state index contributed by atoms with van der Waals surface area (Å²) in [5, 5.41) is 6.28. The Morgan fingerprint density at radius 3 is 2.24 bits per heavy atom. The highest BCUT2D eigenvalue weighted by Crippen LogP contribution is 2.27. The molecule has 0 spiro atoms. The van der Waals surface area contributed by atoms with E-state index < -0.39 is 6.61 Å². The van der Waals surface area contributed by atoms with Crippen LogP contribution in [0.5, 0.6) is 17.2 Å². The summed E-state index contributed by atoms with van der Waals surface area (Å²) in [6.07, 6.45) is 0. The van der Waals surface area contributed by atoms with Crippen molar-refractivity contribution in [3.8, 4) is 17.2 Å². The number of nitrogens with one attached hydrogen (secondary N) is 2. The van der Waals surface area contributed by atoms with Crippen LogP contribution in [-0.4, -0.2) is 33.8 Å². The van der Waals surface area contributed by atoms with E-state index >= 15 is 0 Å². The van der Waals surface area contributed by atoms with Crippen LogP contribution in [-0.2, 0) is 13.1 Å². The van der Waals surface area contributed by atoms with Crippen molar-refractivity contribution in [3.05, 3.63) is 53.1 Å². The smallest absolute Gasteiger partial charge is 0.387 e. The van der Waals surface area contributed by atoms with Gasteiger partial charge in [0.2, 0.25) is 0 Å². The molecule has 0 saturated heterocycles. The van der Waals surface area contributed by atoms with Gasteiger partial charge in [-0.05, 0) is 30.7 Å². The van der Waals surface area contributed by atoms with Crippen LogP contribution >= 0.6 is 24.0 Å². The van der Waals surface area contributed by atoms with E-state index in [0.29, 0.717) is 29.6 Å². The number of hydrogen-bond donors (Lipinski definition) is 2. The Morgan fingerprint density at radius 2 is 1.62 bits per heavy atom. The standard InChI is InChI=1S/C20H25F2N3O3.HI/c1-13-5-7-16(28-19(21)22)15(9-13)12-25-20(23-2)24-11-14-6-8-17(26-3)18(10-14)27-4;/h5-10,19H,11-12H2,1-4H3,(H2,23,24,25);1H. The zero-order valence-electron chi connectivity index (χ0n) is 16.8. The van der Waals surface area contributed by atoms with Crippen LogP contribution < -0.4 is 24.8 Å². The number of halogens is 3. The van der Waals surface area contributed by atoms with Crippen LogP contribution in [0.25, 0.3) is 0 Å². The lowest BCUT2D eigenvalue weighted by Gasteiger charge is -2.16. The number of alkyl halides is 2. The molecule has 0 aromatic heterocycles. The molecule has 9 heteroatoms. The summed E-state index contributed by atoms with van der Waals surface area (Å²) in [6.45, 7) is -0.201. The Morgan fingerprint density at radius 1 is 0.966 bits per heavy atom. The number of benzene rings is 2. The Labute approximate surface area is 186 Å². The second-order valence-electron chi connectivity index (χ2n) is 5.96. The Bertz CT molecular complexity index is 820. The Kier molecular flexibility index (Phi) is 10.5. The van der Waals surface area contributed by atoms with E-state index in [1.54, 1.807) is 39.5 Å². The van der Waals surface area contributed by atoms with Crippen LogP contribution in [0.1, 0.15) is 16.7 Å². The van der Waals surface area contributed by atoms with Gasteiger partial charge in [-0.2, -0.15) is 8.78 Å². The molecule has 160 valence electrons. The van der Waals surface area contributed by atoms with Gasteiger partial charge in [-0.1, -0.05) is 23.8 Å². The lowest BCUT2D eigenvalue weighted by atomic mass is 10.1. The molecule has 0 aliphatic heterocycles. The molecule has 2 rings (SSSR count). The molecule has 0 radical (unpaired) electrons. The van der Waals surface area contributed by atoms with Gasteiger partial charge in [0, 0.05) is 25.7 Å². The number of aryl methyl sites for hydroxylation is 1. The fourth-order valence-electron chi connectivity index (χ4n) is 2.63. The number of nitrogens with zero attached hydrogens (tertiary/aromatic N) is 1. The highest BCUT2D eigenvalue weighted by Gasteiger charge is 2.11. The molecule has 6 nitrogen and oxygen atoms in total. The van der Waals surface area contributed by atoms with Crippen molar-refractivity contribution in [3.63, 3.8) is 0 Å². The van der Waals surface area contributed by atoms with E-state index in [4.69, 9.17) is 9.47 Å². The van der Waals surface area contributed by atoms with Crippen molar-refractivity contribution >= 4 is 29.9 Å². The predicted octanol–water partition coefficient (Wildman–Crippen LogP) is 4.10. The van der Waals surface area contributed by atoms with E-state index in [1.165, 1.54) is 0 Å². The number of methoxy groups -OCH3 is 2. The molecule has 2 aromatic carbocycles. The number of rotatable bonds is 8. The highest BCUT2D eigenvalue weighted by atomic mass is 127. The quantitative estimate of drug-likeness (QED) is 0.311. The van der Waals surface area contributed by atoms with Crippen molar-refractivity contribution in [1.29, 1.82) is 0 Å². The lowest BCUT2D eigenvalue weighted by molar-refractivity contribution is -0.0504. The molecule has 2 aromatic rings. The molecule has 0 aliphatic carbocycles. The largest absolute Gasteiger partial charge is 0.493 e. The highest BCUT2D eigenvalue weighted by molar-refractivity contribution is 14.0. The fourth-order valence-corrected chi connectivity index (χ4v) is 2.63. The third kappa shape index (κ3) is 7.56. The minimum Gasteiger partial charge on any atom is -0.493 e. The third-order valence-electron chi connectivity index (χ3n) is 4.01. The second kappa shape index (κ2) is 12.3. The average Bonchev–Trinajstić information content (AvgIpc) is 2.69. The van der Waals surface area contributed by atoms with Gasteiger partial charge in [0.15, 0.2) is 17.5 Å². The third-order valence-corrected chi connectivity index (χ3v) is 4.01. The Hall–Kier alpha value is -2.30. The van der Waals surface area contributed by atoms with Crippen molar-refractivity contribution in [1.82, 2.24) is 10.6 Å². The zero-order chi connectivity index (χ0) is 20.5. The van der Waals surface area contributed by atoms with Gasteiger partial charge in [0.05, 0.1) is 14.2 Å². The molecule has 0 aliphatic rings. The van der Waals surface area contributed by atoms with Gasteiger partial charge in [-0.3, -0.25) is 4.99 Å². The first-order valence-electron chi connectivity index (χ1n) is 8.66. The van der Waals surface area contributed by atoms with Gasteiger partial charge in [-0.25, -0.2) is 0 Å². The minimum absolute atomic E-state index is 0. The summed E-state index contributed by atoms with van der Waals surface area (Å²) in [4.78, 5) is 4.16. The monoisotopic (exact) mass is 521 g/mol. The van der Waals surface area contributed by atoms with Gasteiger partial charge in [0.1, 0.15) is 5.75 Å². The zero-order valence-corrected chi connectivity index (χ0v) is 19.1. The first-order valence-corrected chi connectivity index (χ1v) is 8.66. The lowest BCUT2D eigenvalue weighted by Crippen LogP contribution is -2.36. The summed E-state index contributed by atoms with van der Waals surface area (Å²) >= 11 is 0. The number of aliphatic imine (C=N–C) groups is 1. The number of hydrogen-bond acceptors (Lipinski definition) is 4. The summed E-state index contributed by atoms with van der Waals surface area (Å²) in [5.74, 6) is 1.96. The van der Waals surface area contributed by atoms with Crippen LogP contribution in [0, 0.1) is 6.92 Å². The van der Waals surface area contributed by atoms with Crippen molar-refractivity contribution < 1.29 is 23.0 Å². The maximum Gasteiger partial charge on any atom is 0.387 e. The molecule has 0 atom stereocenters. The summed E-state index contributed by atoms with van der Waals surface area (Å²) in [5.41, 5.74) is 2.54. The van der Waals surface area contributed by atoms with Crippen molar-refractivity contribution in [2.75, 3.05) is 21.3 Å². The fraction of sp³-hybridized carbons (Fsp3) is 0.350. The van der Waals surface area contributed by atoms with Crippen LogP contribution in [0.15, 0.2) is 41.4 Å².